The highest BCUT2D eigenvalue weighted by molar-refractivity contribution is 6.29. The highest BCUT2D eigenvalue weighted by atomic mass is 35.5. The van der Waals surface area contributed by atoms with Gasteiger partial charge in [0, 0.05) is 0 Å². The standard InChI is InChI=1S/C16H18ClN3O2/c1-10(2)12-6-4-5-7-13(12)22-11(3)16(21)18-15-9-8-14(17)19-20-15/h4-11H,1-3H3,(H,18,20,21). The Kier molecular flexibility index (Phi) is 5.33. The number of rotatable bonds is 5. The molecule has 0 aliphatic heterocycles. The summed E-state index contributed by atoms with van der Waals surface area (Å²) in [7, 11) is 0. The second kappa shape index (κ2) is 7.22. The predicted octanol–water partition coefficient (Wildman–Crippen LogP) is 3.66. The van der Waals surface area contributed by atoms with Crippen molar-refractivity contribution >= 4 is 23.3 Å². The Morgan fingerprint density at radius 1 is 1.14 bits per heavy atom. The number of hydrogen-bond donors (Lipinski definition) is 1. The molecule has 5 nitrogen and oxygen atoms in total. The molecule has 1 atom stereocenters. The van der Waals surface area contributed by atoms with E-state index < -0.39 is 6.10 Å². The number of benzene rings is 1. The lowest BCUT2D eigenvalue weighted by atomic mass is 10.0. The van der Waals surface area contributed by atoms with Gasteiger partial charge in [-0.3, -0.25) is 4.79 Å². The number of ether oxygens (including phenoxy) is 1. The summed E-state index contributed by atoms with van der Waals surface area (Å²) in [6.45, 7) is 5.85. The second-order valence-corrected chi connectivity index (χ2v) is 5.57. The van der Waals surface area contributed by atoms with Crippen molar-refractivity contribution in [3.05, 3.63) is 47.1 Å². The molecule has 0 aliphatic rings. The first kappa shape index (κ1) is 16.2. The Morgan fingerprint density at radius 2 is 1.86 bits per heavy atom. The molecule has 0 spiro atoms. The molecule has 1 unspecified atom stereocenters. The Balaban J connectivity index is 2.04. The number of anilines is 1. The first-order valence-corrected chi connectivity index (χ1v) is 7.41. The third-order valence-corrected chi connectivity index (χ3v) is 3.30. The molecule has 0 radical (unpaired) electrons. The van der Waals surface area contributed by atoms with Crippen LogP contribution in [-0.2, 0) is 4.79 Å². The first-order chi connectivity index (χ1) is 10.5. The third kappa shape index (κ3) is 4.18. The fourth-order valence-electron chi connectivity index (χ4n) is 1.92. The molecule has 1 aromatic carbocycles. The number of nitrogens with one attached hydrogen (secondary N) is 1. The van der Waals surface area contributed by atoms with E-state index in [0.717, 1.165) is 5.56 Å². The van der Waals surface area contributed by atoms with Gasteiger partial charge in [0.1, 0.15) is 5.75 Å². The van der Waals surface area contributed by atoms with Crippen molar-refractivity contribution in [1.29, 1.82) is 0 Å². The van der Waals surface area contributed by atoms with E-state index in [1.165, 1.54) is 0 Å². The Hall–Kier alpha value is -2.14. The molecule has 0 aliphatic carbocycles. The maximum absolute atomic E-state index is 12.1. The van der Waals surface area contributed by atoms with Crippen LogP contribution in [-0.4, -0.2) is 22.2 Å². The maximum Gasteiger partial charge on any atom is 0.266 e. The third-order valence-electron chi connectivity index (χ3n) is 3.10. The second-order valence-electron chi connectivity index (χ2n) is 5.18. The number of halogens is 1. The quantitative estimate of drug-likeness (QED) is 0.913. The first-order valence-electron chi connectivity index (χ1n) is 7.03. The lowest BCUT2D eigenvalue weighted by Gasteiger charge is -2.18. The zero-order valence-corrected chi connectivity index (χ0v) is 13.5. The van der Waals surface area contributed by atoms with Crippen LogP contribution in [0.1, 0.15) is 32.3 Å². The molecule has 0 bridgehead atoms. The van der Waals surface area contributed by atoms with Crippen molar-refractivity contribution in [3.63, 3.8) is 0 Å². The number of carbonyl (C=O) groups is 1. The Bertz CT molecular complexity index is 644. The van der Waals surface area contributed by atoms with Gasteiger partial charge in [0.15, 0.2) is 17.1 Å². The summed E-state index contributed by atoms with van der Waals surface area (Å²) in [6, 6.07) is 10.8. The summed E-state index contributed by atoms with van der Waals surface area (Å²) in [4.78, 5) is 12.1. The van der Waals surface area contributed by atoms with Gasteiger partial charge in [-0.15, -0.1) is 10.2 Å². The number of aromatic nitrogens is 2. The van der Waals surface area contributed by atoms with Gasteiger partial charge in [-0.2, -0.15) is 0 Å². The van der Waals surface area contributed by atoms with Gasteiger partial charge in [-0.25, -0.2) is 0 Å². The SMILES string of the molecule is CC(Oc1ccccc1C(C)C)C(=O)Nc1ccc(Cl)nn1. The minimum absolute atomic E-state index is 0.271. The molecule has 1 amide bonds. The summed E-state index contributed by atoms with van der Waals surface area (Å²) in [5, 5.41) is 10.4. The fraction of sp³-hybridized carbons (Fsp3) is 0.312. The van der Waals surface area contributed by atoms with Crippen LogP contribution in [0.3, 0.4) is 0 Å². The van der Waals surface area contributed by atoms with E-state index in [0.29, 0.717) is 17.5 Å². The number of hydrogen-bond acceptors (Lipinski definition) is 4. The largest absolute Gasteiger partial charge is 0.481 e. The molecule has 0 saturated carbocycles. The highest BCUT2D eigenvalue weighted by Crippen LogP contribution is 2.26. The van der Waals surface area contributed by atoms with Gasteiger partial charge in [0.25, 0.3) is 5.91 Å². The van der Waals surface area contributed by atoms with Gasteiger partial charge in [0.2, 0.25) is 0 Å². The van der Waals surface area contributed by atoms with Gasteiger partial charge in [0.05, 0.1) is 0 Å². The Morgan fingerprint density at radius 3 is 2.50 bits per heavy atom. The lowest BCUT2D eigenvalue weighted by Crippen LogP contribution is -2.30. The van der Waals surface area contributed by atoms with Crippen LogP contribution in [0.5, 0.6) is 5.75 Å². The normalized spacial score (nSPS) is 12.0. The molecule has 1 N–H and O–H groups in total. The summed E-state index contributed by atoms with van der Waals surface area (Å²) >= 11 is 5.65. The molecule has 6 heteroatoms. The number of amides is 1. The zero-order valence-electron chi connectivity index (χ0n) is 12.7. The van der Waals surface area contributed by atoms with Crippen LogP contribution < -0.4 is 10.1 Å². The minimum Gasteiger partial charge on any atom is -0.481 e. The van der Waals surface area contributed by atoms with Crippen LogP contribution in [0.2, 0.25) is 5.15 Å². The van der Waals surface area contributed by atoms with Crippen LogP contribution in [0, 0.1) is 0 Å². The maximum atomic E-state index is 12.1. The van der Waals surface area contributed by atoms with Crippen molar-refractivity contribution < 1.29 is 9.53 Å². The predicted molar refractivity (Wildman–Crippen MR) is 86.3 cm³/mol. The number of carbonyl (C=O) groups excluding carboxylic acids is 1. The van der Waals surface area contributed by atoms with E-state index in [-0.39, 0.29) is 11.1 Å². The highest BCUT2D eigenvalue weighted by Gasteiger charge is 2.17. The summed E-state index contributed by atoms with van der Waals surface area (Å²) in [6.07, 6.45) is -0.655. The molecule has 0 fully saturated rings. The van der Waals surface area contributed by atoms with E-state index in [9.17, 15) is 4.79 Å². The van der Waals surface area contributed by atoms with Crippen molar-refractivity contribution in [2.45, 2.75) is 32.8 Å². The van der Waals surface area contributed by atoms with Crippen molar-refractivity contribution in [2.75, 3.05) is 5.32 Å². The minimum atomic E-state index is -0.655. The molecule has 1 aromatic heterocycles. The van der Waals surface area contributed by atoms with Crippen LogP contribution >= 0.6 is 11.6 Å². The fourth-order valence-corrected chi connectivity index (χ4v) is 2.02. The van der Waals surface area contributed by atoms with Gasteiger partial charge in [-0.1, -0.05) is 43.6 Å². The van der Waals surface area contributed by atoms with Crippen LogP contribution in [0.4, 0.5) is 5.82 Å². The molecule has 2 aromatic rings. The number of nitrogens with zero attached hydrogens (tertiary/aromatic N) is 2. The van der Waals surface area contributed by atoms with Crippen molar-refractivity contribution in [3.8, 4) is 5.75 Å². The van der Waals surface area contributed by atoms with Crippen LogP contribution in [0.25, 0.3) is 0 Å². The van der Waals surface area contributed by atoms with E-state index in [1.54, 1.807) is 19.1 Å². The summed E-state index contributed by atoms with van der Waals surface area (Å²) in [5.74, 6) is 1.06. The topological polar surface area (TPSA) is 64.1 Å². The van der Waals surface area contributed by atoms with E-state index in [1.807, 2.05) is 24.3 Å². The average Bonchev–Trinajstić information content (AvgIpc) is 2.49. The van der Waals surface area contributed by atoms with E-state index in [4.69, 9.17) is 16.3 Å². The summed E-state index contributed by atoms with van der Waals surface area (Å²) < 4.78 is 5.78. The molecule has 2 rings (SSSR count). The molecule has 0 saturated heterocycles. The molecule has 22 heavy (non-hydrogen) atoms. The van der Waals surface area contributed by atoms with E-state index in [2.05, 4.69) is 29.4 Å². The smallest absolute Gasteiger partial charge is 0.266 e. The van der Waals surface area contributed by atoms with Gasteiger partial charge < -0.3 is 10.1 Å². The van der Waals surface area contributed by atoms with Crippen molar-refractivity contribution in [1.82, 2.24) is 10.2 Å². The summed E-state index contributed by atoms with van der Waals surface area (Å²) in [5.41, 5.74) is 1.06. The van der Waals surface area contributed by atoms with Crippen LogP contribution in [0.15, 0.2) is 36.4 Å². The average molecular weight is 320 g/mol. The monoisotopic (exact) mass is 319 g/mol. The Labute approximate surface area is 134 Å². The zero-order chi connectivity index (χ0) is 16.1. The molecular formula is C16H18ClN3O2. The molecule has 116 valence electrons. The van der Waals surface area contributed by atoms with Crippen molar-refractivity contribution in [2.24, 2.45) is 0 Å². The lowest BCUT2D eigenvalue weighted by molar-refractivity contribution is -0.122. The molecular weight excluding hydrogens is 302 g/mol. The van der Waals surface area contributed by atoms with Gasteiger partial charge in [-0.05, 0) is 36.6 Å². The number of para-hydroxylation sites is 1. The van der Waals surface area contributed by atoms with Gasteiger partial charge >= 0.3 is 0 Å². The molecule has 1 heterocycles. The van der Waals surface area contributed by atoms with E-state index >= 15 is 0 Å².